The molecule has 0 bridgehead atoms. The predicted octanol–water partition coefficient (Wildman–Crippen LogP) is 1.56. The average Bonchev–Trinajstić information content (AvgIpc) is 3.08. The van der Waals surface area contributed by atoms with Crippen LogP contribution >= 0.6 is 23.1 Å². The standard InChI is InChI=1S/C14H20N6O2S2/c1-9-7-10(2)20(18-9)6-5-11(21)15-13-16-17-14(24-13)23-8-12(22)19(3)4/h7H,5-6,8H2,1-4H3,(H,15,16,21). The van der Waals surface area contributed by atoms with Crippen molar-refractivity contribution in [1.82, 2.24) is 24.9 Å². The van der Waals surface area contributed by atoms with Crippen molar-refractivity contribution in [3.05, 3.63) is 17.5 Å². The van der Waals surface area contributed by atoms with Gasteiger partial charge in [0.1, 0.15) is 0 Å². The van der Waals surface area contributed by atoms with Gasteiger partial charge in [-0.05, 0) is 19.9 Å². The number of aromatic nitrogens is 4. The molecule has 10 heteroatoms. The fourth-order valence-electron chi connectivity index (χ4n) is 1.86. The summed E-state index contributed by atoms with van der Waals surface area (Å²) in [5.74, 6) is 0.165. The van der Waals surface area contributed by atoms with E-state index in [1.165, 1.54) is 28.0 Å². The van der Waals surface area contributed by atoms with E-state index >= 15 is 0 Å². The van der Waals surface area contributed by atoms with E-state index in [4.69, 9.17) is 0 Å². The number of rotatable bonds is 7. The normalized spacial score (nSPS) is 10.7. The van der Waals surface area contributed by atoms with Crippen LogP contribution in [0.5, 0.6) is 0 Å². The summed E-state index contributed by atoms with van der Waals surface area (Å²) in [7, 11) is 3.41. The molecule has 2 aromatic heterocycles. The van der Waals surface area contributed by atoms with Gasteiger partial charge in [-0.1, -0.05) is 23.1 Å². The fourth-order valence-corrected chi connectivity index (χ4v) is 3.61. The molecule has 0 aliphatic rings. The highest BCUT2D eigenvalue weighted by Gasteiger charge is 2.12. The molecule has 0 unspecified atom stereocenters. The minimum Gasteiger partial charge on any atom is -0.348 e. The first-order valence-electron chi connectivity index (χ1n) is 7.32. The number of thioether (sulfide) groups is 1. The van der Waals surface area contributed by atoms with Gasteiger partial charge in [0.25, 0.3) is 0 Å². The molecule has 0 aliphatic heterocycles. The number of amides is 2. The highest BCUT2D eigenvalue weighted by atomic mass is 32.2. The quantitative estimate of drug-likeness (QED) is 0.589. The minimum atomic E-state index is -0.139. The van der Waals surface area contributed by atoms with Crippen LogP contribution in [0.25, 0.3) is 0 Å². The van der Waals surface area contributed by atoms with E-state index in [1.54, 1.807) is 14.1 Å². The van der Waals surface area contributed by atoms with Crippen molar-refractivity contribution in [3.8, 4) is 0 Å². The van der Waals surface area contributed by atoms with Gasteiger partial charge in [-0.3, -0.25) is 14.3 Å². The summed E-state index contributed by atoms with van der Waals surface area (Å²) >= 11 is 2.57. The zero-order chi connectivity index (χ0) is 17.7. The number of hydrogen-bond donors (Lipinski definition) is 1. The van der Waals surface area contributed by atoms with Crippen LogP contribution in [0.15, 0.2) is 10.4 Å². The summed E-state index contributed by atoms with van der Waals surface area (Å²) < 4.78 is 2.46. The Morgan fingerprint density at radius 1 is 1.33 bits per heavy atom. The van der Waals surface area contributed by atoms with Crippen LogP contribution in [0.3, 0.4) is 0 Å². The van der Waals surface area contributed by atoms with E-state index in [1.807, 2.05) is 24.6 Å². The zero-order valence-electron chi connectivity index (χ0n) is 14.1. The Bertz CT molecular complexity index is 725. The summed E-state index contributed by atoms with van der Waals surface area (Å²) in [5.41, 5.74) is 1.96. The van der Waals surface area contributed by atoms with Gasteiger partial charge in [-0.25, -0.2) is 0 Å². The van der Waals surface area contributed by atoms with Crippen molar-refractivity contribution < 1.29 is 9.59 Å². The Balaban J connectivity index is 1.80. The molecule has 8 nitrogen and oxygen atoms in total. The van der Waals surface area contributed by atoms with E-state index in [-0.39, 0.29) is 11.8 Å². The van der Waals surface area contributed by atoms with Gasteiger partial charge in [0.05, 0.1) is 11.4 Å². The lowest BCUT2D eigenvalue weighted by Gasteiger charge is -2.07. The molecule has 2 heterocycles. The van der Waals surface area contributed by atoms with Crippen molar-refractivity contribution >= 4 is 40.0 Å². The number of nitrogens with one attached hydrogen (secondary N) is 1. The maximum atomic E-state index is 12.0. The Labute approximate surface area is 148 Å². The van der Waals surface area contributed by atoms with Gasteiger partial charge in [-0.15, -0.1) is 10.2 Å². The van der Waals surface area contributed by atoms with Crippen LogP contribution in [-0.4, -0.2) is 56.5 Å². The summed E-state index contributed by atoms with van der Waals surface area (Å²) in [6, 6.07) is 1.97. The SMILES string of the molecule is Cc1cc(C)n(CCC(=O)Nc2nnc(SCC(=O)N(C)C)s2)n1. The highest BCUT2D eigenvalue weighted by Crippen LogP contribution is 2.25. The van der Waals surface area contributed by atoms with Crippen LogP contribution < -0.4 is 5.32 Å². The average molecular weight is 368 g/mol. The largest absolute Gasteiger partial charge is 0.348 e. The molecular formula is C14H20N6O2S2. The van der Waals surface area contributed by atoms with Crippen LogP contribution in [0.1, 0.15) is 17.8 Å². The van der Waals surface area contributed by atoms with Gasteiger partial charge in [0.15, 0.2) is 4.34 Å². The Kier molecular flexibility index (Phi) is 6.32. The summed E-state index contributed by atoms with van der Waals surface area (Å²) in [6.07, 6.45) is 0.309. The first kappa shape index (κ1) is 18.4. The third kappa shape index (κ3) is 5.31. The lowest BCUT2D eigenvalue weighted by Crippen LogP contribution is -2.23. The molecule has 0 saturated heterocycles. The van der Waals surface area contributed by atoms with E-state index < -0.39 is 0 Å². The summed E-state index contributed by atoms with van der Waals surface area (Å²) in [5, 5.41) is 15.4. The van der Waals surface area contributed by atoms with Gasteiger partial charge in [-0.2, -0.15) is 5.10 Å². The Morgan fingerprint density at radius 3 is 2.71 bits per heavy atom. The fraction of sp³-hybridized carbons (Fsp3) is 0.500. The smallest absolute Gasteiger partial charge is 0.232 e. The van der Waals surface area contributed by atoms with Crippen molar-refractivity contribution in [2.45, 2.75) is 31.2 Å². The summed E-state index contributed by atoms with van der Waals surface area (Å²) in [6.45, 7) is 4.40. The molecule has 0 aromatic carbocycles. The van der Waals surface area contributed by atoms with E-state index in [0.717, 1.165) is 11.4 Å². The first-order valence-corrected chi connectivity index (χ1v) is 9.12. The third-order valence-electron chi connectivity index (χ3n) is 3.12. The molecule has 2 aromatic rings. The van der Waals surface area contributed by atoms with E-state index in [9.17, 15) is 9.59 Å². The van der Waals surface area contributed by atoms with Gasteiger partial charge in [0.2, 0.25) is 16.9 Å². The topological polar surface area (TPSA) is 93.0 Å². The monoisotopic (exact) mass is 368 g/mol. The Hall–Kier alpha value is -1.94. The molecule has 1 N–H and O–H groups in total. The molecule has 24 heavy (non-hydrogen) atoms. The summed E-state index contributed by atoms with van der Waals surface area (Å²) in [4.78, 5) is 25.0. The van der Waals surface area contributed by atoms with Gasteiger partial charge >= 0.3 is 0 Å². The second-order valence-corrected chi connectivity index (χ2v) is 7.60. The van der Waals surface area contributed by atoms with Crippen LogP contribution in [-0.2, 0) is 16.1 Å². The predicted molar refractivity (Wildman–Crippen MR) is 94.3 cm³/mol. The minimum absolute atomic E-state index is 0.00525. The maximum absolute atomic E-state index is 12.0. The zero-order valence-corrected chi connectivity index (χ0v) is 15.7. The van der Waals surface area contributed by atoms with Crippen LogP contribution in [0, 0.1) is 13.8 Å². The number of nitrogens with zero attached hydrogens (tertiary/aromatic N) is 5. The number of carbonyl (C=O) groups excluding carboxylic acids is 2. The molecule has 0 saturated carbocycles. The number of carbonyl (C=O) groups is 2. The molecule has 130 valence electrons. The van der Waals surface area contributed by atoms with Crippen molar-refractivity contribution in [1.29, 1.82) is 0 Å². The number of aryl methyl sites for hydroxylation is 3. The molecule has 0 spiro atoms. The van der Waals surface area contributed by atoms with Crippen molar-refractivity contribution in [2.75, 3.05) is 25.2 Å². The first-order chi connectivity index (χ1) is 11.3. The maximum Gasteiger partial charge on any atom is 0.232 e. The Morgan fingerprint density at radius 2 is 2.08 bits per heavy atom. The van der Waals surface area contributed by atoms with E-state index in [2.05, 4.69) is 20.6 Å². The lowest BCUT2D eigenvalue weighted by atomic mass is 10.3. The molecule has 0 fully saturated rings. The van der Waals surface area contributed by atoms with Gasteiger partial charge in [0, 0.05) is 32.8 Å². The third-order valence-corrected chi connectivity index (χ3v) is 5.08. The van der Waals surface area contributed by atoms with Crippen molar-refractivity contribution in [2.24, 2.45) is 0 Å². The van der Waals surface area contributed by atoms with Crippen molar-refractivity contribution in [3.63, 3.8) is 0 Å². The van der Waals surface area contributed by atoms with Crippen LogP contribution in [0.2, 0.25) is 0 Å². The highest BCUT2D eigenvalue weighted by molar-refractivity contribution is 8.01. The van der Waals surface area contributed by atoms with Crippen LogP contribution in [0.4, 0.5) is 5.13 Å². The van der Waals surface area contributed by atoms with Gasteiger partial charge < -0.3 is 10.2 Å². The number of anilines is 1. The second kappa shape index (κ2) is 8.25. The molecule has 2 amide bonds. The van der Waals surface area contributed by atoms with E-state index in [0.29, 0.717) is 28.2 Å². The molecular weight excluding hydrogens is 348 g/mol. The molecule has 2 rings (SSSR count). The molecule has 0 radical (unpaired) electrons. The lowest BCUT2D eigenvalue weighted by molar-refractivity contribution is -0.125. The molecule has 0 aliphatic carbocycles. The number of hydrogen-bond acceptors (Lipinski definition) is 7. The second-order valence-electron chi connectivity index (χ2n) is 5.40. The molecule has 0 atom stereocenters.